The van der Waals surface area contributed by atoms with E-state index in [-0.39, 0.29) is 35.5 Å². The van der Waals surface area contributed by atoms with E-state index in [2.05, 4.69) is 39.7 Å². The molecule has 144 valence electrons. The molecule has 2 aliphatic carbocycles. The average molecular weight is 388 g/mol. The van der Waals surface area contributed by atoms with Gasteiger partial charge in [-0.2, -0.15) is 0 Å². The molecule has 0 aromatic carbocycles. The molecule has 1 aliphatic heterocycles. The molecule has 1 aromatic heterocycles. The zero-order valence-electron chi connectivity index (χ0n) is 15.6. The van der Waals surface area contributed by atoms with Crippen LogP contribution in [0.25, 0.3) is 0 Å². The zero-order chi connectivity index (χ0) is 19.0. The minimum atomic E-state index is -0.123. The summed E-state index contributed by atoms with van der Waals surface area (Å²) in [5, 5.41) is 7.42. The minimum Gasteiger partial charge on any atom is -0.355 e. The molecule has 4 atom stereocenters. The molecule has 2 fully saturated rings. The number of carbonyl (C=O) groups is 2. The molecule has 0 spiro atoms. The number of hydrogen-bond acceptors (Lipinski definition) is 5. The molecule has 8 heteroatoms. The summed E-state index contributed by atoms with van der Waals surface area (Å²) >= 11 is 1.69. The van der Waals surface area contributed by atoms with Crippen molar-refractivity contribution in [2.75, 3.05) is 20.1 Å². The molecule has 27 heavy (non-hydrogen) atoms. The Balaban J connectivity index is 1.26. The van der Waals surface area contributed by atoms with Crippen molar-refractivity contribution >= 4 is 29.1 Å². The summed E-state index contributed by atoms with van der Waals surface area (Å²) in [6.07, 6.45) is 8.09. The van der Waals surface area contributed by atoms with E-state index in [0.29, 0.717) is 25.6 Å². The summed E-state index contributed by atoms with van der Waals surface area (Å²) in [7, 11) is 1.70. The van der Waals surface area contributed by atoms with Crippen LogP contribution in [0.5, 0.6) is 0 Å². The molecule has 2 amide bonds. The number of nitrogens with one attached hydrogen (secondary N) is 2. The molecule has 1 saturated heterocycles. The fourth-order valence-electron chi connectivity index (χ4n) is 4.44. The van der Waals surface area contributed by atoms with E-state index >= 15 is 0 Å². The monoisotopic (exact) mass is 387 g/mol. The van der Waals surface area contributed by atoms with Gasteiger partial charge in [-0.05, 0) is 24.7 Å². The van der Waals surface area contributed by atoms with Crippen molar-refractivity contribution in [1.82, 2.24) is 20.5 Å². The Morgan fingerprint density at radius 1 is 1.26 bits per heavy atom. The number of thiazole rings is 1. The number of fused-ring (bicyclic) bond motifs is 5. The van der Waals surface area contributed by atoms with Gasteiger partial charge >= 0.3 is 0 Å². The van der Waals surface area contributed by atoms with Crippen LogP contribution in [0, 0.1) is 23.7 Å². The highest BCUT2D eigenvalue weighted by atomic mass is 32.1. The molecule has 7 nitrogen and oxygen atoms in total. The Morgan fingerprint density at radius 2 is 1.96 bits per heavy atom. The van der Waals surface area contributed by atoms with E-state index in [9.17, 15) is 9.59 Å². The van der Waals surface area contributed by atoms with Crippen LogP contribution in [0.15, 0.2) is 23.3 Å². The lowest BCUT2D eigenvalue weighted by Gasteiger charge is -2.18. The smallest absolute Gasteiger partial charge is 0.233 e. The summed E-state index contributed by atoms with van der Waals surface area (Å²) in [6, 6.07) is 0. The lowest BCUT2D eigenvalue weighted by atomic mass is 9.85. The third kappa shape index (κ3) is 3.26. The van der Waals surface area contributed by atoms with Crippen LogP contribution in [0.3, 0.4) is 0 Å². The van der Waals surface area contributed by atoms with Gasteiger partial charge in [-0.1, -0.05) is 19.1 Å². The molecule has 1 saturated carbocycles. The Labute approximate surface area is 163 Å². The predicted octanol–water partition coefficient (Wildman–Crippen LogP) is 1.18. The molecular weight excluding hydrogens is 362 g/mol. The first kappa shape index (κ1) is 18.2. The maximum Gasteiger partial charge on any atom is 0.233 e. The van der Waals surface area contributed by atoms with E-state index in [1.165, 1.54) is 9.78 Å². The quantitative estimate of drug-likeness (QED) is 0.331. The van der Waals surface area contributed by atoms with Gasteiger partial charge in [0.1, 0.15) is 5.01 Å². The fraction of sp³-hybridized carbons (Fsp3) is 0.579. The van der Waals surface area contributed by atoms with Gasteiger partial charge in [-0.25, -0.2) is 4.98 Å². The van der Waals surface area contributed by atoms with Crippen LogP contribution in [-0.4, -0.2) is 47.8 Å². The second-order valence-corrected chi connectivity index (χ2v) is 8.45. The van der Waals surface area contributed by atoms with E-state index < -0.39 is 0 Å². The van der Waals surface area contributed by atoms with Gasteiger partial charge in [-0.15, -0.1) is 11.3 Å². The normalized spacial score (nSPS) is 29.0. The van der Waals surface area contributed by atoms with Crippen LogP contribution < -0.4 is 10.6 Å². The summed E-state index contributed by atoms with van der Waals surface area (Å²) in [5.41, 5.74) is 0. The van der Waals surface area contributed by atoms with Gasteiger partial charge in [0, 0.05) is 31.2 Å². The maximum atomic E-state index is 12.7. The number of hydrogen-bond donors (Lipinski definition) is 2. The molecule has 1 aromatic rings. The average Bonchev–Trinajstić information content (AvgIpc) is 3.44. The molecule has 2 bridgehead atoms. The SMILES string of the molecule is CCc1cnc(CNC(=NC)NCCN2C(=O)C3C4C=CC(C4)C3C2=O)s1. The number of aryl methyl sites for hydroxylation is 1. The minimum absolute atomic E-state index is 0.00137. The van der Waals surface area contributed by atoms with Crippen LogP contribution in [0.2, 0.25) is 0 Å². The number of aromatic nitrogens is 1. The highest BCUT2D eigenvalue weighted by molar-refractivity contribution is 7.11. The van der Waals surface area contributed by atoms with Crippen LogP contribution in [-0.2, 0) is 22.6 Å². The van der Waals surface area contributed by atoms with Crippen molar-refractivity contribution in [3.63, 3.8) is 0 Å². The largest absolute Gasteiger partial charge is 0.355 e. The summed E-state index contributed by atoms with van der Waals surface area (Å²) in [4.78, 5) is 36.6. The Kier molecular flexibility index (Phi) is 4.99. The van der Waals surface area contributed by atoms with Gasteiger partial charge in [0.15, 0.2) is 5.96 Å². The third-order valence-electron chi connectivity index (χ3n) is 5.77. The van der Waals surface area contributed by atoms with Crippen molar-refractivity contribution in [2.45, 2.75) is 26.3 Å². The predicted molar refractivity (Wildman–Crippen MR) is 104 cm³/mol. The Hall–Kier alpha value is -2.22. The van der Waals surface area contributed by atoms with Crippen molar-refractivity contribution in [3.8, 4) is 0 Å². The second-order valence-electron chi connectivity index (χ2n) is 7.25. The molecule has 4 unspecified atom stereocenters. The van der Waals surface area contributed by atoms with E-state index in [4.69, 9.17) is 0 Å². The van der Waals surface area contributed by atoms with Crippen LogP contribution >= 0.6 is 11.3 Å². The van der Waals surface area contributed by atoms with Gasteiger partial charge < -0.3 is 10.6 Å². The van der Waals surface area contributed by atoms with Crippen molar-refractivity contribution in [1.29, 1.82) is 0 Å². The highest BCUT2D eigenvalue weighted by Gasteiger charge is 2.58. The van der Waals surface area contributed by atoms with E-state index in [1.807, 2.05) is 6.20 Å². The molecule has 2 N–H and O–H groups in total. The molecular formula is C19H25N5O2S. The van der Waals surface area contributed by atoms with Gasteiger partial charge in [0.2, 0.25) is 11.8 Å². The standard InChI is InChI=1S/C19H25N5O2S/c1-3-13-9-22-14(27-13)10-23-19(20-2)21-6-7-24-17(25)15-11-4-5-12(8-11)16(15)18(24)26/h4-5,9,11-12,15-16H,3,6-8,10H2,1-2H3,(H2,20,21,23). The van der Waals surface area contributed by atoms with Gasteiger partial charge in [0.05, 0.1) is 18.4 Å². The van der Waals surface area contributed by atoms with E-state index in [0.717, 1.165) is 17.8 Å². The van der Waals surface area contributed by atoms with Crippen LogP contribution in [0.4, 0.5) is 0 Å². The summed E-state index contributed by atoms with van der Waals surface area (Å²) in [6.45, 7) is 3.58. The number of allylic oxidation sites excluding steroid dienone is 2. The Bertz CT molecular complexity index is 772. The summed E-state index contributed by atoms with van der Waals surface area (Å²) in [5.74, 6) is 0.919. The first-order valence-corrected chi connectivity index (χ1v) is 10.4. The molecule has 3 aliphatic rings. The Morgan fingerprint density at radius 3 is 2.56 bits per heavy atom. The first-order chi connectivity index (χ1) is 13.1. The number of guanidine groups is 1. The number of nitrogens with zero attached hydrogens (tertiary/aromatic N) is 3. The van der Waals surface area contributed by atoms with Crippen molar-refractivity contribution in [2.24, 2.45) is 28.7 Å². The molecule has 2 heterocycles. The number of rotatable bonds is 6. The summed E-state index contributed by atoms with van der Waals surface area (Å²) < 4.78 is 0. The number of imide groups is 1. The third-order valence-corrected chi connectivity index (χ3v) is 6.91. The topological polar surface area (TPSA) is 86.7 Å². The first-order valence-electron chi connectivity index (χ1n) is 9.54. The molecule has 4 rings (SSSR count). The highest BCUT2D eigenvalue weighted by Crippen LogP contribution is 2.52. The van der Waals surface area contributed by atoms with Gasteiger partial charge in [0.25, 0.3) is 0 Å². The van der Waals surface area contributed by atoms with Gasteiger partial charge in [-0.3, -0.25) is 19.5 Å². The van der Waals surface area contributed by atoms with Crippen molar-refractivity contribution in [3.05, 3.63) is 28.2 Å². The number of carbonyl (C=O) groups excluding carboxylic acids is 2. The number of aliphatic imine (C=N–C) groups is 1. The van der Waals surface area contributed by atoms with Crippen molar-refractivity contribution < 1.29 is 9.59 Å². The maximum absolute atomic E-state index is 12.7. The van der Waals surface area contributed by atoms with Crippen LogP contribution in [0.1, 0.15) is 23.2 Å². The lowest BCUT2D eigenvalue weighted by Crippen LogP contribution is -2.43. The number of likely N-dealkylation sites (tertiary alicyclic amines) is 1. The fourth-order valence-corrected chi connectivity index (χ4v) is 5.25. The number of amides is 2. The lowest BCUT2D eigenvalue weighted by molar-refractivity contribution is -0.140. The second kappa shape index (κ2) is 7.42. The molecule has 0 radical (unpaired) electrons. The zero-order valence-corrected chi connectivity index (χ0v) is 16.5. The van der Waals surface area contributed by atoms with E-state index in [1.54, 1.807) is 18.4 Å².